The van der Waals surface area contributed by atoms with Gasteiger partial charge in [0.2, 0.25) is 5.91 Å². The molecule has 5 heteroatoms. The van der Waals surface area contributed by atoms with Crippen molar-refractivity contribution in [3.63, 3.8) is 0 Å². The van der Waals surface area contributed by atoms with E-state index in [0.29, 0.717) is 19.5 Å². The molecule has 114 valence electrons. The van der Waals surface area contributed by atoms with Gasteiger partial charge in [-0.2, -0.15) is 0 Å². The van der Waals surface area contributed by atoms with Crippen LogP contribution in [-0.2, 0) is 11.3 Å². The predicted octanol–water partition coefficient (Wildman–Crippen LogP) is 2.45. The van der Waals surface area contributed by atoms with Gasteiger partial charge in [0.25, 0.3) is 0 Å². The van der Waals surface area contributed by atoms with E-state index >= 15 is 0 Å². The van der Waals surface area contributed by atoms with Gasteiger partial charge >= 0.3 is 6.09 Å². The molecule has 1 fully saturated rings. The van der Waals surface area contributed by atoms with Crippen molar-refractivity contribution < 1.29 is 14.7 Å². The summed E-state index contributed by atoms with van der Waals surface area (Å²) in [6, 6.07) is 5.46. The molecule has 1 saturated heterocycles. The molecule has 1 aromatic rings. The number of amides is 2. The fraction of sp³-hybridized carbons (Fsp3) is 0.500. The number of carboxylic acid groups (broad SMARTS) is 1. The molecule has 0 aromatic heterocycles. The summed E-state index contributed by atoms with van der Waals surface area (Å²) in [6.45, 7) is 4.91. The average molecular weight is 290 g/mol. The smallest absolute Gasteiger partial charge is 0.407 e. The molecule has 0 radical (unpaired) electrons. The van der Waals surface area contributed by atoms with Gasteiger partial charge in [0.05, 0.1) is 0 Å². The number of piperidine rings is 1. The molecule has 21 heavy (non-hydrogen) atoms. The first-order valence-electron chi connectivity index (χ1n) is 7.33. The SMILES string of the molecule is Cc1cccc(C)c1CNC(=O)[C@@H]1CCCCN1C(=O)O. The third kappa shape index (κ3) is 3.54. The first kappa shape index (κ1) is 15.4. The van der Waals surface area contributed by atoms with Crippen LogP contribution in [0.4, 0.5) is 4.79 Å². The summed E-state index contributed by atoms with van der Waals surface area (Å²) in [5, 5.41) is 12.1. The maximum absolute atomic E-state index is 12.3. The topological polar surface area (TPSA) is 69.6 Å². The molecule has 1 aromatic carbocycles. The fourth-order valence-electron chi connectivity index (χ4n) is 2.85. The monoisotopic (exact) mass is 290 g/mol. The number of carbonyl (C=O) groups excluding carboxylic acids is 1. The standard InChI is InChI=1S/C16H22N2O3/c1-11-6-5-7-12(2)13(11)10-17-15(19)14-8-3-4-9-18(14)16(20)21/h5-7,14H,3-4,8-10H2,1-2H3,(H,17,19)(H,20,21)/t14-/m0/s1. The molecule has 0 aliphatic carbocycles. The largest absolute Gasteiger partial charge is 0.465 e. The van der Waals surface area contributed by atoms with Crippen LogP contribution < -0.4 is 5.32 Å². The zero-order chi connectivity index (χ0) is 15.4. The lowest BCUT2D eigenvalue weighted by atomic mass is 10.0. The van der Waals surface area contributed by atoms with Crippen LogP contribution in [0.25, 0.3) is 0 Å². The first-order chi connectivity index (χ1) is 10.0. The number of likely N-dealkylation sites (tertiary alicyclic amines) is 1. The highest BCUT2D eigenvalue weighted by molar-refractivity contribution is 5.85. The number of hydrogen-bond acceptors (Lipinski definition) is 2. The Labute approximate surface area is 125 Å². The Morgan fingerprint density at radius 3 is 2.57 bits per heavy atom. The van der Waals surface area contributed by atoms with Crippen LogP contribution in [0, 0.1) is 13.8 Å². The first-order valence-corrected chi connectivity index (χ1v) is 7.33. The minimum Gasteiger partial charge on any atom is -0.465 e. The molecule has 0 spiro atoms. The van der Waals surface area contributed by atoms with Crippen molar-refractivity contribution in [2.75, 3.05) is 6.54 Å². The number of benzene rings is 1. The fourth-order valence-corrected chi connectivity index (χ4v) is 2.85. The third-order valence-corrected chi connectivity index (χ3v) is 4.14. The van der Waals surface area contributed by atoms with Gasteiger partial charge < -0.3 is 10.4 Å². The van der Waals surface area contributed by atoms with Crippen LogP contribution in [0.1, 0.15) is 36.0 Å². The summed E-state index contributed by atoms with van der Waals surface area (Å²) in [6.07, 6.45) is 1.31. The Bertz CT molecular complexity index is 522. The molecule has 0 saturated carbocycles. The van der Waals surface area contributed by atoms with Gasteiger partial charge in [-0.1, -0.05) is 18.2 Å². The van der Waals surface area contributed by atoms with Crippen molar-refractivity contribution in [3.8, 4) is 0 Å². The molecule has 2 rings (SSSR count). The second-order valence-electron chi connectivity index (χ2n) is 5.58. The minimum absolute atomic E-state index is 0.195. The second kappa shape index (κ2) is 6.61. The van der Waals surface area contributed by atoms with Gasteiger partial charge in [0.1, 0.15) is 6.04 Å². The highest BCUT2D eigenvalue weighted by atomic mass is 16.4. The Kier molecular flexibility index (Phi) is 4.83. The Balaban J connectivity index is 2.02. The van der Waals surface area contributed by atoms with Gasteiger partial charge in [0.15, 0.2) is 0 Å². The summed E-state index contributed by atoms with van der Waals surface area (Å²) in [5.41, 5.74) is 3.37. The van der Waals surface area contributed by atoms with Gasteiger partial charge in [-0.05, 0) is 49.8 Å². The quantitative estimate of drug-likeness (QED) is 0.898. The summed E-state index contributed by atoms with van der Waals surface area (Å²) in [7, 11) is 0. The second-order valence-corrected chi connectivity index (χ2v) is 5.58. The molecule has 2 amide bonds. The van der Waals surface area contributed by atoms with E-state index in [1.807, 2.05) is 32.0 Å². The lowest BCUT2D eigenvalue weighted by molar-refractivity contribution is -0.127. The van der Waals surface area contributed by atoms with Gasteiger partial charge in [0, 0.05) is 13.1 Å². The molecule has 1 heterocycles. The molecular weight excluding hydrogens is 268 g/mol. The van der Waals surface area contributed by atoms with Crippen molar-refractivity contribution in [2.45, 2.75) is 45.7 Å². The third-order valence-electron chi connectivity index (χ3n) is 4.14. The molecule has 1 aliphatic rings. The lowest BCUT2D eigenvalue weighted by Crippen LogP contribution is -2.51. The van der Waals surface area contributed by atoms with Gasteiger partial charge in [-0.25, -0.2) is 4.79 Å². The molecule has 1 aliphatic heterocycles. The van der Waals surface area contributed by atoms with Crippen molar-refractivity contribution in [1.29, 1.82) is 0 Å². The molecular formula is C16H22N2O3. The van der Waals surface area contributed by atoms with Crippen LogP contribution >= 0.6 is 0 Å². The van der Waals surface area contributed by atoms with E-state index in [9.17, 15) is 14.7 Å². The number of nitrogens with zero attached hydrogens (tertiary/aromatic N) is 1. The van der Waals surface area contributed by atoms with Crippen LogP contribution in [0.15, 0.2) is 18.2 Å². The number of aryl methyl sites for hydroxylation is 2. The molecule has 1 atom stereocenters. The molecule has 0 bridgehead atoms. The summed E-state index contributed by atoms with van der Waals surface area (Å²) < 4.78 is 0. The normalized spacial score (nSPS) is 18.4. The Hall–Kier alpha value is -2.04. The van der Waals surface area contributed by atoms with E-state index in [4.69, 9.17) is 0 Å². The van der Waals surface area contributed by atoms with Gasteiger partial charge in [-0.15, -0.1) is 0 Å². The van der Waals surface area contributed by atoms with E-state index < -0.39 is 12.1 Å². The minimum atomic E-state index is -1.01. The van der Waals surface area contributed by atoms with Gasteiger partial charge in [-0.3, -0.25) is 9.69 Å². The number of nitrogens with one attached hydrogen (secondary N) is 1. The van der Waals surface area contributed by atoms with Crippen molar-refractivity contribution in [1.82, 2.24) is 10.2 Å². The average Bonchev–Trinajstić information content (AvgIpc) is 2.46. The molecule has 0 unspecified atom stereocenters. The van der Waals surface area contributed by atoms with E-state index in [2.05, 4.69) is 5.32 Å². The molecule has 5 nitrogen and oxygen atoms in total. The van der Waals surface area contributed by atoms with Crippen molar-refractivity contribution >= 4 is 12.0 Å². The predicted molar refractivity (Wildman–Crippen MR) is 80.1 cm³/mol. The maximum Gasteiger partial charge on any atom is 0.407 e. The van der Waals surface area contributed by atoms with E-state index in [1.54, 1.807) is 0 Å². The van der Waals surface area contributed by atoms with E-state index in [1.165, 1.54) is 4.90 Å². The van der Waals surface area contributed by atoms with Crippen molar-refractivity contribution in [3.05, 3.63) is 34.9 Å². The Morgan fingerprint density at radius 2 is 1.95 bits per heavy atom. The van der Waals surface area contributed by atoms with Crippen LogP contribution in [0.5, 0.6) is 0 Å². The summed E-state index contributed by atoms with van der Waals surface area (Å²) in [4.78, 5) is 24.7. The molecule has 2 N–H and O–H groups in total. The number of rotatable bonds is 3. The highest BCUT2D eigenvalue weighted by Gasteiger charge is 2.31. The van der Waals surface area contributed by atoms with Crippen LogP contribution in [0.2, 0.25) is 0 Å². The summed E-state index contributed by atoms with van der Waals surface area (Å²) in [5.74, 6) is -0.195. The zero-order valence-electron chi connectivity index (χ0n) is 12.6. The van der Waals surface area contributed by atoms with E-state index in [-0.39, 0.29) is 5.91 Å². The lowest BCUT2D eigenvalue weighted by Gasteiger charge is -2.32. The zero-order valence-corrected chi connectivity index (χ0v) is 12.6. The van der Waals surface area contributed by atoms with Crippen LogP contribution in [-0.4, -0.2) is 34.6 Å². The van der Waals surface area contributed by atoms with Crippen LogP contribution in [0.3, 0.4) is 0 Å². The van der Waals surface area contributed by atoms with E-state index in [0.717, 1.165) is 29.5 Å². The number of hydrogen-bond donors (Lipinski definition) is 2. The van der Waals surface area contributed by atoms with Crippen molar-refractivity contribution in [2.24, 2.45) is 0 Å². The summed E-state index contributed by atoms with van der Waals surface area (Å²) >= 11 is 0. The number of carbonyl (C=O) groups is 2. The Morgan fingerprint density at radius 1 is 1.29 bits per heavy atom. The highest BCUT2D eigenvalue weighted by Crippen LogP contribution is 2.18. The maximum atomic E-state index is 12.3.